The van der Waals surface area contributed by atoms with E-state index in [1.165, 1.54) is 0 Å². The summed E-state index contributed by atoms with van der Waals surface area (Å²) in [7, 11) is 0. The van der Waals surface area contributed by atoms with Crippen LogP contribution < -0.4 is 20.9 Å². The molecular formula is C15H22N4O2. The fourth-order valence-corrected chi connectivity index (χ4v) is 1.80. The molecule has 1 aromatic rings. The predicted octanol–water partition coefficient (Wildman–Crippen LogP) is 1.82. The van der Waals surface area contributed by atoms with Gasteiger partial charge >= 0.3 is 0 Å². The normalized spacial score (nSPS) is 10.4. The summed E-state index contributed by atoms with van der Waals surface area (Å²) in [5.74, 6) is 1.32. The van der Waals surface area contributed by atoms with Crippen molar-refractivity contribution in [2.45, 2.75) is 20.3 Å². The molecule has 21 heavy (non-hydrogen) atoms. The van der Waals surface area contributed by atoms with Crippen LogP contribution in [0.5, 0.6) is 11.5 Å². The highest BCUT2D eigenvalue weighted by atomic mass is 16.5. The van der Waals surface area contributed by atoms with E-state index in [4.69, 9.17) is 20.9 Å². The van der Waals surface area contributed by atoms with Gasteiger partial charge in [-0.1, -0.05) is 6.08 Å². The highest BCUT2D eigenvalue weighted by Gasteiger charge is 2.12. The van der Waals surface area contributed by atoms with E-state index >= 15 is 0 Å². The summed E-state index contributed by atoms with van der Waals surface area (Å²) in [5, 5.41) is 7.39. The molecule has 114 valence electrons. The summed E-state index contributed by atoms with van der Waals surface area (Å²) in [4.78, 5) is 0. The average Bonchev–Trinajstić information content (AvgIpc) is 2.42. The second kappa shape index (κ2) is 8.63. The smallest absolute Gasteiger partial charge is 0.211 e. The number of nitrogens with two attached hydrogens (primary N) is 2. The third-order valence-corrected chi connectivity index (χ3v) is 2.49. The standard InChI is InChI=1S/C15H22N4O2/c1-4-7-12-8-11(10-18-19-15(16)17)9-13(20-5-2)14(12)21-6-3/h4,8-10H,1,5-7H2,2-3H3,(H4,16,17,19). The highest BCUT2D eigenvalue weighted by Crippen LogP contribution is 2.33. The fourth-order valence-electron chi connectivity index (χ4n) is 1.80. The number of ether oxygens (including phenoxy) is 2. The quantitative estimate of drug-likeness (QED) is 0.330. The van der Waals surface area contributed by atoms with Gasteiger partial charge in [0.2, 0.25) is 5.96 Å². The van der Waals surface area contributed by atoms with Crippen molar-refractivity contribution in [2.75, 3.05) is 13.2 Å². The molecule has 1 aromatic carbocycles. The van der Waals surface area contributed by atoms with E-state index in [9.17, 15) is 0 Å². The molecule has 0 aliphatic rings. The first kappa shape index (κ1) is 16.6. The van der Waals surface area contributed by atoms with Crippen LogP contribution in [-0.2, 0) is 6.42 Å². The van der Waals surface area contributed by atoms with Gasteiger partial charge in [-0.3, -0.25) is 0 Å². The first-order valence-corrected chi connectivity index (χ1v) is 6.77. The summed E-state index contributed by atoms with van der Waals surface area (Å²) in [6.45, 7) is 8.72. The van der Waals surface area contributed by atoms with Gasteiger partial charge in [-0.15, -0.1) is 11.7 Å². The Morgan fingerprint density at radius 1 is 1.24 bits per heavy atom. The van der Waals surface area contributed by atoms with Crippen LogP contribution in [0.2, 0.25) is 0 Å². The molecule has 0 aliphatic heterocycles. The molecule has 0 saturated heterocycles. The molecule has 0 radical (unpaired) electrons. The van der Waals surface area contributed by atoms with Crippen LogP contribution in [0.15, 0.2) is 35.0 Å². The third kappa shape index (κ3) is 5.18. The molecular weight excluding hydrogens is 268 g/mol. The van der Waals surface area contributed by atoms with Crippen molar-refractivity contribution in [3.8, 4) is 11.5 Å². The second-order valence-electron chi connectivity index (χ2n) is 4.14. The molecule has 0 spiro atoms. The maximum Gasteiger partial charge on any atom is 0.211 e. The van der Waals surface area contributed by atoms with Crippen molar-refractivity contribution >= 4 is 12.2 Å². The van der Waals surface area contributed by atoms with Crippen molar-refractivity contribution in [3.05, 3.63) is 35.9 Å². The Labute approximate surface area is 125 Å². The SMILES string of the molecule is C=CCc1cc(C=NN=C(N)N)cc(OCC)c1OCC. The molecule has 6 heteroatoms. The van der Waals surface area contributed by atoms with Crippen LogP contribution in [0.4, 0.5) is 0 Å². The number of hydrogen-bond acceptors (Lipinski definition) is 4. The van der Waals surface area contributed by atoms with Gasteiger partial charge in [-0.2, -0.15) is 5.10 Å². The molecule has 6 nitrogen and oxygen atoms in total. The third-order valence-electron chi connectivity index (χ3n) is 2.49. The van der Waals surface area contributed by atoms with Gasteiger partial charge in [0.15, 0.2) is 11.5 Å². The van der Waals surface area contributed by atoms with Crippen LogP contribution >= 0.6 is 0 Å². The minimum Gasteiger partial charge on any atom is -0.490 e. The Kier molecular flexibility index (Phi) is 6.80. The van der Waals surface area contributed by atoms with Gasteiger partial charge < -0.3 is 20.9 Å². The molecule has 0 aromatic heterocycles. The number of guanidine groups is 1. The molecule has 0 heterocycles. The minimum absolute atomic E-state index is 0.0893. The number of nitrogens with zero attached hydrogens (tertiary/aromatic N) is 2. The maximum atomic E-state index is 5.69. The van der Waals surface area contributed by atoms with Crippen LogP contribution in [-0.4, -0.2) is 25.4 Å². The van der Waals surface area contributed by atoms with Crippen molar-refractivity contribution in [2.24, 2.45) is 21.7 Å². The highest BCUT2D eigenvalue weighted by molar-refractivity contribution is 5.83. The van der Waals surface area contributed by atoms with E-state index in [-0.39, 0.29) is 5.96 Å². The van der Waals surface area contributed by atoms with Gasteiger partial charge in [0.1, 0.15) is 0 Å². The van der Waals surface area contributed by atoms with E-state index in [0.717, 1.165) is 16.9 Å². The number of rotatable bonds is 8. The van der Waals surface area contributed by atoms with Crippen LogP contribution in [0, 0.1) is 0 Å². The molecule has 0 amide bonds. The first-order chi connectivity index (χ1) is 10.1. The predicted molar refractivity (Wildman–Crippen MR) is 86.1 cm³/mol. The van der Waals surface area contributed by atoms with Gasteiger partial charge in [0.05, 0.1) is 19.4 Å². The summed E-state index contributed by atoms with van der Waals surface area (Å²) in [6.07, 6.45) is 4.04. The van der Waals surface area contributed by atoms with Crippen LogP contribution in [0.25, 0.3) is 0 Å². The lowest BCUT2D eigenvalue weighted by Gasteiger charge is -2.15. The Morgan fingerprint density at radius 3 is 2.52 bits per heavy atom. The van der Waals surface area contributed by atoms with Crippen molar-refractivity contribution < 1.29 is 9.47 Å². The number of allylic oxidation sites excluding steroid dienone is 1. The Bertz CT molecular complexity index is 535. The van der Waals surface area contributed by atoms with Gasteiger partial charge in [-0.25, -0.2) is 0 Å². The molecule has 4 N–H and O–H groups in total. The largest absolute Gasteiger partial charge is 0.490 e. The molecule has 0 bridgehead atoms. The Hall–Kier alpha value is -2.50. The average molecular weight is 290 g/mol. The summed E-state index contributed by atoms with van der Waals surface area (Å²) < 4.78 is 11.3. The van der Waals surface area contributed by atoms with Gasteiger partial charge in [0, 0.05) is 5.56 Å². The molecule has 1 rings (SSSR count). The molecule has 0 aliphatic carbocycles. The van der Waals surface area contributed by atoms with E-state index in [2.05, 4.69) is 16.8 Å². The first-order valence-electron chi connectivity index (χ1n) is 6.77. The number of hydrogen-bond donors (Lipinski definition) is 2. The van der Waals surface area contributed by atoms with E-state index < -0.39 is 0 Å². The zero-order chi connectivity index (χ0) is 15.7. The lowest BCUT2D eigenvalue weighted by Crippen LogP contribution is -2.21. The van der Waals surface area contributed by atoms with E-state index in [1.54, 1.807) is 6.21 Å². The monoisotopic (exact) mass is 290 g/mol. The topological polar surface area (TPSA) is 95.2 Å². The minimum atomic E-state index is -0.0893. The summed E-state index contributed by atoms with van der Waals surface area (Å²) >= 11 is 0. The molecule has 0 unspecified atom stereocenters. The van der Waals surface area contributed by atoms with Gasteiger partial charge in [0.25, 0.3) is 0 Å². The van der Waals surface area contributed by atoms with Crippen LogP contribution in [0.1, 0.15) is 25.0 Å². The molecule has 0 fully saturated rings. The summed E-state index contributed by atoms with van der Waals surface area (Å²) in [6, 6.07) is 3.79. The van der Waals surface area contributed by atoms with Crippen molar-refractivity contribution in [3.63, 3.8) is 0 Å². The summed E-state index contributed by atoms with van der Waals surface area (Å²) in [5.41, 5.74) is 12.3. The van der Waals surface area contributed by atoms with Crippen molar-refractivity contribution in [1.82, 2.24) is 0 Å². The van der Waals surface area contributed by atoms with Gasteiger partial charge in [-0.05, 0) is 38.0 Å². The maximum absolute atomic E-state index is 5.69. The van der Waals surface area contributed by atoms with Crippen LogP contribution in [0.3, 0.4) is 0 Å². The lowest BCUT2D eigenvalue weighted by atomic mass is 10.1. The number of benzene rings is 1. The Balaban J connectivity index is 3.24. The second-order valence-corrected chi connectivity index (χ2v) is 4.14. The zero-order valence-electron chi connectivity index (χ0n) is 12.5. The molecule has 0 saturated carbocycles. The van der Waals surface area contributed by atoms with E-state index in [0.29, 0.717) is 25.4 Å². The zero-order valence-corrected chi connectivity index (χ0v) is 12.5. The van der Waals surface area contributed by atoms with E-state index in [1.807, 2.05) is 32.1 Å². The Morgan fingerprint density at radius 2 is 1.95 bits per heavy atom. The fraction of sp³-hybridized carbons (Fsp3) is 0.333. The molecule has 0 atom stereocenters. The lowest BCUT2D eigenvalue weighted by molar-refractivity contribution is 0.285. The van der Waals surface area contributed by atoms with Crippen molar-refractivity contribution in [1.29, 1.82) is 0 Å².